The van der Waals surface area contributed by atoms with E-state index in [-0.39, 0.29) is 11.3 Å². The van der Waals surface area contributed by atoms with Gasteiger partial charge in [0, 0.05) is 11.3 Å². The molecule has 0 fully saturated rings. The van der Waals surface area contributed by atoms with Gasteiger partial charge in [-0.25, -0.2) is 5.43 Å². The number of para-hydroxylation sites is 1. The Kier molecular flexibility index (Phi) is 6.63. The van der Waals surface area contributed by atoms with Crippen LogP contribution in [0.1, 0.15) is 16.1 Å². The van der Waals surface area contributed by atoms with Crippen molar-refractivity contribution in [3.05, 3.63) is 121 Å². The first-order valence-electron chi connectivity index (χ1n) is 12.0. The van der Waals surface area contributed by atoms with Crippen molar-refractivity contribution in [3.8, 4) is 22.8 Å². The number of nitrogens with one attached hydrogen (secondary N) is 1. The van der Waals surface area contributed by atoms with E-state index in [1.165, 1.54) is 18.0 Å². The monoisotopic (exact) mass is 531 g/mol. The van der Waals surface area contributed by atoms with E-state index in [4.69, 9.17) is 4.42 Å². The van der Waals surface area contributed by atoms with Crippen LogP contribution in [0.3, 0.4) is 0 Å². The summed E-state index contributed by atoms with van der Waals surface area (Å²) in [5.74, 6) is 0.516. The third kappa shape index (κ3) is 5.16. The normalized spacial score (nSPS) is 11.3. The van der Waals surface area contributed by atoms with E-state index in [1.54, 1.807) is 24.3 Å². The number of carbonyl (C=O) groups excluding carboxylic acids is 1. The molecule has 0 aliphatic carbocycles. The lowest BCUT2D eigenvalue weighted by molar-refractivity contribution is 0.0952. The Morgan fingerprint density at radius 3 is 2.33 bits per heavy atom. The van der Waals surface area contributed by atoms with E-state index in [9.17, 15) is 9.90 Å². The second kappa shape index (κ2) is 10.7. The van der Waals surface area contributed by atoms with Crippen LogP contribution < -0.4 is 5.43 Å². The van der Waals surface area contributed by atoms with Gasteiger partial charge in [0.25, 0.3) is 5.91 Å². The average molecular weight is 532 g/mol. The second-order valence-electron chi connectivity index (χ2n) is 8.52. The van der Waals surface area contributed by atoms with Crippen molar-refractivity contribution >= 4 is 34.7 Å². The topological polar surface area (TPSA) is 106 Å². The highest BCUT2D eigenvalue weighted by molar-refractivity contribution is 7.99. The molecule has 1 amide bonds. The van der Waals surface area contributed by atoms with Crippen molar-refractivity contribution in [2.24, 2.45) is 5.10 Å². The minimum Gasteiger partial charge on any atom is -0.507 e. The molecule has 0 bridgehead atoms. The smallest absolute Gasteiger partial charge is 0.275 e. The van der Waals surface area contributed by atoms with Gasteiger partial charge in [0.15, 0.2) is 10.9 Å². The van der Waals surface area contributed by atoms with Gasteiger partial charge in [-0.15, -0.1) is 10.2 Å². The molecule has 2 aromatic heterocycles. The number of benzene rings is 4. The van der Waals surface area contributed by atoms with Crippen LogP contribution in [-0.4, -0.2) is 32.0 Å². The largest absolute Gasteiger partial charge is 0.507 e. The summed E-state index contributed by atoms with van der Waals surface area (Å²) in [6, 6.07) is 34.0. The van der Waals surface area contributed by atoms with Crippen molar-refractivity contribution in [1.82, 2.24) is 20.2 Å². The number of phenolic OH excluding ortho intramolecular Hbond substituents is 1. The summed E-state index contributed by atoms with van der Waals surface area (Å²) in [5.41, 5.74) is 4.45. The molecule has 6 aromatic rings. The molecule has 0 aliphatic rings. The Labute approximate surface area is 227 Å². The van der Waals surface area contributed by atoms with E-state index in [2.05, 4.69) is 20.7 Å². The molecule has 0 saturated carbocycles. The summed E-state index contributed by atoms with van der Waals surface area (Å²) in [7, 11) is 0. The maximum Gasteiger partial charge on any atom is 0.275 e. The lowest BCUT2D eigenvalue weighted by Gasteiger charge is -2.09. The average Bonchev–Trinajstić information content (AvgIpc) is 3.60. The number of phenols is 1. The number of hydrogen-bond donors (Lipinski definition) is 2. The van der Waals surface area contributed by atoms with Gasteiger partial charge in [-0.3, -0.25) is 9.36 Å². The number of aromatic hydroxyl groups is 1. The highest BCUT2D eigenvalue weighted by Gasteiger charge is 2.18. The predicted octanol–water partition coefficient (Wildman–Crippen LogP) is 6.30. The number of fused-ring (bicyclic) bond motifs is 1. The van der Waals surface area contributed by atoms with Crippen LogP contribution in [0, 0.1) is 0 Å². The minimum atomic E-state index is -0.528. The van der Waals surface area contributed by atoms with E-state index in [0.29, 0.717) is 16.0 Å². The highest BCUT2D eigenvalue weighted by Crippen LogP contribution is 2.33. The number of carbonyl (C=O) groups is 1. The van der Waals surface area contributed by atoms with Crippen molar-refractivity contribution in [3.63, 3.8) is 0 Å². The molecule has 0 spiro atoms. The summed E-state index contributed by atoms with van der Waals surface area (Å²) < 4.78 is 7.87. The van der Waals surface area contributed by atoms with Gasteiger partial charge < -0.3 is 9.52 Å². The Balaban J connectivity index is 1.19. The number of nitrogens with zero attached hydrogens (tertiary/aromatic N) is 4. The molecule has 0 saturated heterocycles. The molecule has 2 heterocycles. The fraction of sp³-hybridized carbons (Fsp3) is 0. The summed E-state index contributed by atoms with van der Waals surface area (Å²) in [4.78, 5) is 12.6. The number of hydrogen-bond acceptors (Lipinski definition) is 7. The lowest BCUT2D eigenvalue weighted by Crippen LogP contribution is -2.17. The van der Waals surface area contributed by atoms with E-state index in [0.717, 1.165) is 27.8 Å². The quantitative estimate of drug-likeness (QED) is 0.185. The first-order chi connectivity index (χ1) is 19.2. The van der Waals surface area contributed by atoms with Crippen LogP contribution in [0.25, 0.3) is 27.8 Å². The summed E-state index contributed by atoms with van der Waals surface area (Å²) >= 11 is 1.33. The summed E-state index contributed by atoms with van der Waals surface area (Å²) in [5, 5.41) is 26.0. The first-order valence-corrected chi connectivity index (χ1v) is 12.9. The minimum absolute atomic E-state index is 0.115. The number of hydrazone groups is 1. The Morgan fingerprint density at radius 1 is 0.872 bits per heavy atom. The van der Waals surface area contributed by atoms with Crippen molar-refractivity contribution < 1.29 is 14.3 Å². The third-order valence-electron chi connectivity index (χ3n) is 5.94. The van der Waals surface area contributed by atoms with Gasteiger partial charge in [0.05, 0.1) is 11.8 Å². The molecule has 4 aromatic carbocycles. The van der Waals surface area contributed by atoms with Gasteiger partial charge in [-0.05, 0) is 58.9 Å². The zero-order valence-electron chi connectivity index (χ0n) is 20.4. The molecule has 39 heavy (non-hydrogen) atoms. The van der Waals surface area contributed by atoms with Gasteiger partial charge >= 0.3 is 0 Å². The highest BCUT2D eigenvalue weighted by atomic mass is 32.2. The van der Waals surface area contributed by atoms with Gasteiger partial charge in [-0.2, -0.15) is 5.10 Å². The maximum absolute atomic E-state index is 12.6. The fourth-order valence-electron chi connectivity index (χ4n) is 4.09. The summed E-state index contributed by atoms with van der Waals surface area (Å²) in [6.07, 6.45) is 1.40. The van der Waals surface area contributed by atoms with Crippen molar-refractivity contribution in [1.29, 1.82) is 0 Å². The van der Waals surface area contributed by atoms with Crippen molar-refractivity contribution in [2.75, 3.05) is 0 Å². The molecule has 8 nitrogen and oxygen atoms in total. The predicted molar refractivity (Wildman–Crippen MR) is 150 cm³/mol. The van der Waals surface area contributed by atoms with Gasteiger partial charge in [0.2, 0.25) is 5.16 Å². The van der Waals surface area contributed by atoms with Crippen LogP contribution in [0.2, 0.25) is 0 Å². The molecule has 9 heteroatoms. The third-order valence-corrected chi connectivity index (χ3v) is 6.81. The first kappa shape index (κ1) is 24.2. The van der Waals surface area contributed by atoms with Crippen LogP contribution in [0.15, 0.2) is 129 Å². The van der Waals surface area contributed by atoms with Crippen molar-refractivity contribution in [2.45, 2.75) is 10.2 Å². The molecule has 0 unspecified atom stereocenters. The zero-order valence-corrected chi connectivity index (χ0v) is 21.2. The molecular weight excluding hydrogens is 510 g/mol. The molecule has 6 rings (SSSR count). The van der Waals surface area contributed by atoms with Crippen LogP contribution in [-0.2, 0) is 0 Å². The van der Waals surface area contributed by atoms with E-state index >= 15 is 0 Å². The molecule has 2 N–H and O–H groups in total. The molecule has 0 aliphatic heterocycles. The standard InChI is InChI=1S/C30H21N5O3S/c36-26-18-22-12-8-7-11-21(22)17-25(26)29(37)33-31-19-24-15-16-27(38-24)39-30-34-32-28(20-9-3-1-4-10-20)35(30)23-13-5-2-6-14-23/h1-19,36H,(H,33,37)/b31-19+. The Bertz CT molecular complexity index is 1800. The van der Waals surface area contributed by atoms with Gasteiger partial charge in [-0.1, -0.05) is 72.8 Å². The number of furan rings is 1. The van der Waals surface area contributed by atoms with E-state index < -0.39 is 5.91 Å². The second-order valence-corrected chi connectivity index (χ2v) is 9.49. The van der Waals surface area contributed by atoms with E-state index in [1.807, 2.05) is 89.5 Å². The number of aromatic nitrogens is 3. The zero-order chi connectivity index (χ0) is 26.6. The Hall–Kier alpha value is -5.15. The number of amides is 1. The maximum atomic E-state index is 12.6. The van der Waals surface area contributed by atoms with Crippen LogP contribution in [0.5, 0.6) is 5.75 Å². The number of rotatable bonds is 7. The lowest BCUT2D eigenvalue weighted by atomic mass is 10.1. The fourth-order valence-corrected chi connectivity index (χ4v) is 4.91. The SMILES string of the molecule is O=C(N/N=C/c1ccc(Sc2nnc(-c3ccccc3)n2-c2ccccc2)o1)c1cc2ccccc2cc1O. The van der Waals surface area contributed by atoms with Crippen LogP contribution >= 0.6 is 11.8 Å². The van der Waals surface area contributed by atoms with Gasteiger partial charge in [0.1, 0.15) is 11.5 Å². The van der Waals surface area contributed by atoms with Crippen LogP contribution in [0.4, 0.5) is 0 Å². The molecule has 190 valence electrons. The Morgan fingerprint density at radius 2 is 1.56 bits per heavy atom. The molecule has 0 atom stereocenters. The molecular formula is C30H21N5O3S. The molecule has 0 radical (unpaired) electrons. The summed E-state index contributed by atoms with van der Waals surface area (Å²) in [6.45, 7) is 0.